The molecular formula is C5H5Cl3NNaO. The van der Waals surface area contributed by atoms with Gasteiger partial charge in [-0.3, -0.25) is 0 Å². The summed E-state index contributed by atoms with van der Waals surface area (Å²) in [4.78, 5) is 3.68. The predicted molar refractivity (Wildman–Crippen MR) is 44.0 cm³/mol. The molecule has 0 aliphatic heterocycles. The van der Waals surface area contributed by atoms with E-state index in [0.717, 1.165) is 0 Å². The smallest absolute Gasteiger partial charge is 1.00 e. The number of aromatic nitrogens is 1. The molecule has 1 rings (SSSR count). The summed E-state index contributed by atoms with van der Waals surface area (Å²) in [6.07, 6.45) is 1.44. The van der Waals surface area contributed by atoms with E-state index < -0.39 is 0 Å². The molecular weight excluding hydrogens is 219 g/mol. The molecule has 6 heteroatoms. The molecule has 0 amide bonds. The van der Waals surface area contributed by atoms with Gasteiger partial charge in [0, 0.05) is 6.20 Å². The minimum absolute atomic E-state index is 0. The zero-order valence-electron chi connectivity index (χ0n) is 6.74. The SMILES string of the molecule is Clc1cnc(Cl)c(Cl)c1.O.[H-].[Na+]. The summed E-state index contributed by atoms with van der Waals surface area (Å²) >= 11 is 16.5. The fourth-order valence-electron chi connectivity index (χ4n) is 0.398. The van der Waals surface area contributed by atoms with Crippen LogP contribution >= 0.6 is 34.8 Å². The Labute approximate surface area is 103 Å². The molecule has 0 aliphatic carbocycles. The molecule has 0 saturated heterocycles. The van der Waals surface area contributed by atoms with Crippen molar-refractivity contribution in [3.8, 4) is 0 Å². The molecule has 0 aromatic carbocycles. The third-order valence-electron chi connectivity index (χ3n) is 0.763. The molecule has 58 valence electrons. The van der Waals surface area contributed by atoms with Gasteiger partial charge >= 0.3 is 29.6 Å². The summed E-state index contributed by atoms with van der Waals surface area (Å²) in [5.74, 6) is 0. The number of nitrogens with zero attached hydrogens (tertiary/aromatic N) is 1. The predicted octanol–water partition coefficient (Wildman–Crippen LogP) is -0.666. The molecule has 0 spiro atoms. The van der Waals surface area contributed by atoms with Crippen molar-refractivity contribution >= 4 is 34.8 Å². The number of hydrogen-bond donors (Lipinski definition) is 0. The summed E-state index contributed by atoms with van der Waals surface area (Å²) in [5, 5.41) is 1.15. The molecule has 1 aromatic rings. The molecule has 0 bridgehead atoms. The molecule has 1 heterocycles. The Morgan fingerprint density at radius 1 is 1.27 bits per heavy atom. The first-order chi connectivity index (χ1) is 4.20. The van der Waals surface area contributed by atoms with Crippen LogP contribution < -0.4 is 29.6 Å². The van der Waals surface area contributed by atoms with Gasteiger partial charge in [-0.1, -0.05) is 34.8 Å². The average Bonchev–Trinajstić information content (AvgIpc) is 1.80. The van der Waals surface area contributed by atoms with Gasteiger partial charge < -0.3 is 6.90 Å². The van der Waals surface area contributed by atoms with Crippen molar-refractivity contribution in [2.24, 2.45) is 0 Å². The molecule has 0 saturated carbocycles. The first kappa shape index (κ1) is 14.5. The average molecular weight is 224 g/mol. The molecule has 0 radical (unpaired) electrons. The maximum absolute atomic E-state index is 5.54. The molecule has 0 atom stereocenters. The Morgan fingerprint density at radius 3 is 2.18 bits per heavy atom. The molecule has 0 unspecified atom stereocenters. The van der Waals surface area contributed by atoms with Gasteiger partial charge in [0.1, 0.15) is 5.15 Å². The normalized spacial score (nSPS) is 7.91. The fourth-order valence-corrected chi connectivity index (χ4v) is 0.881. The molecule has 0 aliphatic rings. The van der Waals surface area contributed by atoms with Crippen LogP contribution in [-0.2, 0) is 0 Å². The topological polar surface area (TPSA) is 44.4 Å². The summed E-state index contributed by atoms with van der Waals surface area (Å²) in [7, 11) is 0. The van der Waals surface area contributed by atoms with E-state index in [9.17, 15) is 0 Å². The van der Waals surface area contributed by atoms with Crippen LogP contribution in [0.15, 0.2) is 12.3 Å². The second-order valence-corrected chi connectivity index (χ2v) is 2.63. The maximum atomic E-state index is 5.54. The van der Waals surface area contributed by atoms with Crippen molar-refractivity contribution in [2.45, 2.75) is 0 Å². The monoisotopic (exact) mass is 223 g/mol. The third kappa shape index (κ3) is 4.53. The Balaban J connectivity index is -0.000000270. The van der Waals surface area contributed by atoms with E-state index in [1.54, 1.807) is 6.07 Å². The van der Waals surface area contributed by atoms with Crippen LogP contribution in [0.1, 0.15) is 1.43 Å². The molecule has 2 nitrogen and oxygen atoms in total. The maximum Gasteiger partial charge on any atom is 1.00 e. The second-order valence-electron chi connectivity index (χ2n) is 1.43. The van der Waals surface area contributed by atoms with Crippen molar-refractivity contribution in [1.29, 1.82) is 0 Å². The zero-order valence-corrected chi connectivity index (χ0v) is 10.0. The van der Waals surface area contributed by atoms with Crippen molar-refractivity contribution in [1.82, 2.24) is 4.98 Å². The summed E-state index contributed by atoms with van der Waals surface area (Å²) < 4.78 is 0. The minimum Gasteiger partial charge on any atom is -1.00 e. The van der Waals surface area contributed by atoms with Gasteiger partial charge in [0.05, 0.1) is 10.0 Å². The first-order valence-corrected chi connectivity index (χ1v) is 3.30. The van der Waals surface area contributed by atoms with Crippen molar-refractivity contribution in [3.05, 3.63) is 27.5 Å². The van der Waals surface area contributed by atoms with E-state index in [4.69, 9.17) is 34.8 Å². The van der Waals surface area contributed by atoms with Gasteiger partial charge in [-0.2, -0.15) is 0 Å². The van der Waals surface area contributed by atoms with Crippen LogP contribution in [-0.4, -0.2) is 10.5 Å². The first-order valence-electron chi connectivity index (χ1n) is 2.16. The van der Waals surface area contributed by atoms with Crippen LogP contribution in [0, 0.1) is 0 Å². The summed E-state index contributed by atoms with van der Waals surface area (Å²) in [6, 6.07) is 1.54. The number of rotatable bonds is 0. The van der Waals surface area contributed by atoms with Crippen LogP contribution in [0.25, 0.3) is 0 Å². The van der Waals surface area contributed by atoms with Crippen molar-refractivity contribution < 1.29 is 36.5 Å². The van der Waals surface area contributed by atoms with Crippen LogP contribution in [0.4, 0.5) is 0 Å². The van der Waals surface area contributed by atoms with Gasteiger partial charge in [0.15, 0.2) is 0 Å². The van der Waals surface area contributed by atoms with Gasteiger partial charge in [0.25, 0.3) is 0 Å². The third-order valence-corrected chi connectivity index (χ3v) is 1.66. The van der Waals surface area contributed by atoms with Crippen molar-refractivity contribution in [2.75, 3.05) is 0 Å². The standard InChI is InChI=1S/C5H2Cl3N.Na.H2O.H/c6-3-1-4(7)5(8)9-2-3;;;/h1-2H;;1H2;/q;+1;;-1. The Morgan fingerprint density at radius 2 is 1.82 bits per heavy atom. The van der Waals surface area contributed by atoms with Crippen LogP contribution in [0.3, 0.4) is 0 Å². The van der Waals surface area contributed by atoms with E-state index in [0.29, 0.717) is 10.0 Å². The number of pyridine rings is 1. The van der Waals surface area contributed by atoms with E-state index in [2.05, 4.69) is 4.98 Å². The summed E-state index contributed by atoms with van der Waals surface area (Å²) in [5.41, 5.74) is 0. The molecule has 2 N–H and O–H groups in total. The fraction of sp³-hybridized carbons (Fsp3) is 0. The number of halogens is 3. The van der Waals surface area contributed by atoms with Gasteiger partial charge in [-0.05, 0) is 6.07 Å². The van der Waals surface area contributed by atoms with E-state index in [1.165, 1.54) is 6.20 Å². The van der Waals surface area contributed by atoms with Crippen LogP contribution in [0.5, 0.6) is 0 Å². The van der Waals surface area contributed by atoms with Gasteiger partial charge in [-0.25, -0.2) is 4.98 Å². The van der Waals surface area contributed by atoms with E-state index in [-0.39, 0.29) is 41.6 Å². The molecule has 0 fully saturated rings. The van der Waals surface area contributed by atoms with Crippen molar-refractivity contribution in [3.63, 3.8) is 0 Å². The largest absolute Gasteiger partial charge is 1.00 e. The van der Waals surface area contributed by atoms with E-state index >= 15 is 0 Å². The quantitative estimate of drug-likeness (QED) is 0.426. The molecule has 11 heavy (non-hydrogen) atoms. The Hall–Kier alpha value is 0.980. The summed E-state index contributed by atoms with van der Waals surface area (Å²) in [6.45, 7) is 0. The minimum atomic E-state index is 0. The van der Waals surface area contributed by atoms with E-state index in [1.807, 2.05) is 0 Å². The Bertz CT molecular complexity index is 238. The number of hydrogen-bond acceptors (Lipinski definition) is 1. The Kier molecular flexibility index (Phi) is 8.56. The zero-order chi connectivity index (χ0) is 6.85. The molecule has 1 aromatic heterocycles. The van der Waals surface area contributed by atoms with Gasteiger partial charge in [0.2, 0.25) is 0 Å². The van der Waals surface area contributed by atoms with Gasteiger partial charge in [-0.15, -0.1) is 0 Å². The van der Waals surface area contributed by atoms with Crippen LogP contribution in [0.2, 0.25) is 15.2 Å². The second kappa shape index (κ2) is 6.49.